The number of hydrogen-bond acceptors (Lipinski definition) is 3. The summed E-state index contributed by atoms with van der Waals surface area (Å²) < 4.78 is 0. The summed E-state index contributed by atoms with van der Waals surface area (Å²) in [6, 6.07) is 1.75. The molecule has 0 spiro atoms. The molecule has 3 nitrogen and oxygen atoms in total. The molecule has 0 aromatic carbocycles. The van der Waals surface area contributed by atoms with Crippen LogP contribution in [0.5, 0.6) is 5.88 Å². The fourth-order valence-electron chi connectivity index (χ4n) is 1.17. The average Bonchev–Trinajstić information content (AvgIpc) is 2.03. The van der Waals surface area contributed by atoms with Crippen LogP contribution in [0.15, 0.2) is 12.3 Å². The number of aromatic hydroxyl groups is 1. The second kappa shape index (κ2) is 3.34. The highest BCUT2D eigenvalue weighted by molar-refractivity contribution is 5.97. The van der Waals surface area contributed by atoms with Gasteiger partial charge in [-0.05, 0) is 25.0 Å². The lowest BCUT2D eigenvalue weighted by Crippen LogP contribution is -2.00. The van der Waals surface area contributed by atoms with Gasteiger partial charge >= 0.3 is 0 Å². The molecule has 0 aliphatic carbocycles. The smallest absolute Gasteiger partial charge is 0.222 e. The molecule has 0 radical (unpaired) electrons. The number of nitrogens with zero attached hydrogens (tertiary/aromatic N) is 1. The van der Waals surface area contributed by atoms with Gasteiger partial charge in [-0.25, -0.2) is 4.98 Å². The third-order valence-electron chi connectivity index (χ3n) is 1.75. The lowest BCUT2D eigenvalue weighted by molar-refractivity contribution is 0.101. The van der Waals surface area contributed by atoms with Crippen molar-refractivity contribution in [3.63, 3.8) is 0 Å². The van der Waals surface area contributed by atoms with Crippen molar-refractivity contribution in [3.05, 3.63) is 23.4 Å². The van der Waals surface area contributed by atoms with Crippen LogP contribution in [-0.4, -0.2) is 15.9 Å². The first-order valence-corrected chi connectivity index (χ1v) is 3.84. The van der Waals surface area contributed by atoms with Crippen LogP contribution in [0.1, 0.15) is 29.8 Å². The zero-order chi connectivity index (χ0) is 9.14. The molecule has 1 aromatic rings. The summed E-state index contributed by atoms with van der Waals surface area (Å²) >= 11 is 0. The van der Waals surface area contributed by atoms with E-state index >= 15 is 0 Å². The van der Waals surface area contributed by atoms with E-state index in [0.29, 0.717) is 5.56 Å². The second-order valence-electron chi connectivity index (χ2n) is 2.58. The van der Waals surface area contributed by atoms with Gasteiger partial charge in [-0.1, -0.05) is 6.92 Å². The molecule has 0 unspecified atom stereocenters. The Balaban J connectivity index is 3.29. The Labute approximate surface area is 71.1 Å². The van der Waals surface area contributed by atoms with Crippen molar-refractivity contribution in [2.45, 2.75) is 20.3 Å². The summed E-state index contributed by atoms with van der Waals surface area (Å²) in [4.78, 5) is 14.7. The van der Waals surface area contributed by atoms with Crippen LogP contribution in [0.3, 0.4) is 0 Å². The van der Waals surface area contributed by atoms with Gasteiger partial charge in [0.05, 0.1) is 5.56 Å². The quantitative estimate of drug-likeness (QED) is 0.676. The number of ketones is 1. The molecule has 1 heterocycles. The van der Waals surface area contributed by atoms with Gasteiger partial charge in [0.15, 0.2) is 5.78 Å². The van der Waals surface area contributed by atoms with Crippen LogP contribution in [0.2, 0.25) is 0 Å². The van der Waals surface area contributed by atoms with Gasteiger partial charge in [-0.3, -0.25) is 4.79 Å². The van der Waals surface area contributed by atoms with E-state index in [1.54, 1.807) is 6.07 Å². The van der Waals surface area contributed by atoms with E-state index in [4.69, 9.17) is 0 Å². The average molecular weight is 165 g/mol. The Kier molecular flexibility index (Phi) is 2.43. The summed E-state index contributed by atoms with van der Waals surface area (Å²) in [7, 11) is 0. The molecule has 3 heteroatoms. The molecule has 0 saturated heterocycles. The van der Waals surface area contributed by atoms with Gasteiger partial charge in [0.2, 0.25) is 5.88 Å². The molecule has 1 rings (SSSR count). The highest BCUT2D eigenvalue weighted by Crippen LogP contribution is 2.18. The standard InChI is InChI=1S/C9H11NO2/c1-3-7-4-5-10-9(12)8(7)6(2)11/h4-5H,3H2,1-2H3,(H,10,12). The van der Waals surface area contributed by atoms with E-state index < -0.39 is 0 Å². The number of carbonyl (C=O) groups is 1. The Hall–Kier alpha value is -1.38. The maximum Gasteiger partial charge on any atom is 0.222 e. The van der Waals surface area contributed by atoms with Crippen molar-refractivity contribution in [1.82, 2.24) is 4.98 Å². The molecule has 0 aliphatic heterocycles. The Bertz CT molecular complexity index is 307. The van der Waals surface area contributed by atoms with E-state index in [-0.39, 0.29) is 11.7 Å². The van der Waals surface area contributed by atoms with E-state index in [0.717, 1.165) is 12.0 Å². The van der Waals surface area contributed by atoms with E-state index in [1.807, 2.05) is 6.92 Å². The van der Waals surface area contributed by atoms with Crippen LogP contribution in [-0.2, 0) is 6.42 Å². The lowest BCUT2D eigenvalue weighted by Gasteiger charge is -2.04. The minimum Gasteiger partial charge on any atom is -0.493 e. The topological polar surface area (TPSA) is 50.2 Å². The van der Waals surface area contributed by atoms with Crippen LogP contribution in [0, 0.1) is 0 Å². The molecule has 64 valence electrons. The molecular formula is C9H11NO2. The number of pyridine rings is 1. The monoisotopic (exact) mass is 165 g/mol. The van der Waals surface area contributed by atoms with Gasteiger partial charge < -0.3 is 5.11 Å². The fraction of sp³-hybridized carbons (Fsp3) is 0.333. The van der Waals surface area contributed by atoms with Crippen LogP contribution >= 0.6 is 0 Å². The number of aryl methyl sites for hydroxylation is 1. The SMILES string of the molecule is CCc1ccnc(O)c1C(C)=O. The number of Topliss-reactive ketones (excluding diaryl/α,β-unsaturated/α-hetero) is 1. The third-order valence-corrected chi connectivity index (χ3v) is 1.75. The predicted octanol–water partition coefficient (Wildman–Crippen LogP) is 1.55. The maximum atomic E-state index is 11.0. The molecule has 0 amide bonds. The molecule has 1 aromatic heterocycles. The first kappa shape index (κ1) is 8.71. The zero-order valence-electron chi connectivity index (χ0n) is 7.16. The highest BCUT2D eigenvalue weighted by Gasteiger charge is 2.11. The van der Waals surface area contributed by atoms with Gasteiger partial charge in [0.1, 0.15) is 0 Å². The fourth-order valence-corrected chi connectivity index (χ4v) is 1.17. The molecular weight excluding hydrogens is 154 g/mol. The van der Waals surface area contributed by atoms with Crippen LogP contribution < -0.4 is 0 Å². The third kappa shape index (κ3) is 1.44. The number of aromatic nitrogens is 1. The summed E-state index contributed by atoms with van der Waals surface area (Å²) in [6.07, 6.45) is 2.23. The van der Waals surface area contributed by atoms with Gasteiger partial charge in [0.25, 0.3) is 0 Å². The number of carbonyl (C=O) groups excluding carboxylic acids is 1. The first-order valence-electron chi connectivity index (χ1n) is 3.84. The minimum atomic E-state index is -0.165. The molecule has 0 aliphatic rings. The van der Waals surface area contributed by atoms with E-state index in [9.17, 15) is 9.90 Å². The van der Waals surface area contributed by atoms with Crippen LogP contribution in [0.25, 0.3) is 0 Å². The van der Waals surface area contributed by atoms with Crippen molar-refractivity contribution in [3.8, 4) is 5.88 Å². The zero-order valence-corrected chi connectivity index (χ0v) is 7.16. The molecule has 0 bridgehead atoms. The van der Waals surface area contributed by atoms with Crippen molar-refractivity contribution < 1.29 is 9.90 Å². The number of hydrogen-bond donors (Lipinski definition) is 1. The first-order chi connectivity index (χ1) is 5.66. The van der Waals surface area contributed by atoms with Crippen molar-refractivity contribution in [2.75, 3.05) is 0 Å². The van der Waals surface area contributed by atoms with Crippen molar-refractivity contribution in [2.24, 2.45) is 0 Å². The summed E-state index contributed by atoms with van der Waals surface area (Å²) in [5, 5.41) is 9.26. The summed E-state index contributed by atoms with van der Waals surface area (Å²) in [5.41, 5.74) is 1.19. The second-order valence-corrected chi connectivity index (χ2v) is 2.58. The van der Waals surface area contributed by atoms with Crippen molar-refractivity contribution in [1.29, 1.82) is 0 Å². The predicted molar refractivity (Wildman–Crippen MR) is 45.3 cm³/mol. The molecule has 1 N–H and O–H groups in total. The largest absolute Gasteiger partial charge is 0.493 e. The molecule has 0 atom stereocenters. The van der Waals surface area contributed by atoms with E-state index in [1.165, 1.54) is 13.1 Å². The minimum absolute atomic E-state index is 0.141. The Morgan fingerprint density at radius 2 is 2.33 bits per heavy atom. The molecule has 0 fully saturated rings. The molecule has 12 heavy (non-hydrogen) atoms. The van der Waals surface area contributed by atoms with E-state index in [2.05, 4.69) is 4.98 Å². The lowest BCUT2D eigenvalue weighted by atomic mass is 10.0. The normalized spacial score (nSPS) is 9.83. The maximum absolute atomic E-state index is 11.0. The Morgan fingerprint density at radius 3 is 2.75 bits per heavy atom. The molecule has 0 saturated carbocycles. The number of rotatable bonds is 2. The van der Waals surface area contributed by atoms with Gasteiger partial charge in [0, 0.05) is 6.20 Å². The summed E-state index contributed by atoms with van der Waals surface area (Å²) in [6.45, 7) is 3.36. The highest BCUT2D eigenvalue weighted by atomic mass is 16.3. The van der Waals surface area contributed by atoms with Gasteiger partial charge in [-0.2, -0.15) is 0 Å². The summed E-state index contributed by atoms with van der Waals surface area (Å²) in [5.74, 6) is -0.306. The van der Waals surface area contributed by atoms with Crippen LogP contribution in [0.4, 0.5) is 0 Å². The van der Waals surface area contributed by atoms with Crippen molar-refractivity contribution >= 4 is 5.78 Å². The Morgan fingerprint density at radius 1 is 1.67 bits per heavy atom. The van der Waals surface area contributed by atoms with Gasteiger partial charge in [-0.15, -0.1) is 0 Å².